The number of methoxy groups -OCH3 is 1. The Balaban J connectivity index is 1.57. The fourth-order valence-electron chi connectivity index (χ4n) is 3.11. The van der Waals surface area contributed by atoms with E-state index in [-0.39, 0.29) is 4.90 Å². The van der Waals surface area contributed by atoms with Crippen LogP contribution in [0, 0.1) is 0 Å². The van der Waals surface area contributed by atoms with Gasteiger partial charge >= 0.3 is 0 Å². The van der Waals surface area contributed by atoms with Crippen LogP contribution >= 0.6 is 39.1 Å². The summed E-state index contributed by atoms with van der Waals surface area (Å²) in [5.74, 6) is 1.21. The van der Waals surface area contributed by atoms with Crippen molar-refractivity contribution in [3.63, 3.8) is 0 Å². The third-order valence-electron chi connectivity index (χ3n) is 4.83. The number of benzene rings is 3. The molecule has 0 saturated carbocycles. The average molecular weight is 574 g/mol. The normalized spacial score (nSPS) is 11.4. The summed E-state index contributed by atoms with van der Waals surface area (Å²) in [6.07, 6.45) is 0.744. The molecule has 33 heavy (non-hydrogen) atoms. The molecular weight excluding hydrogens is 551 g/mol. The van der Waals surface area contributed by atoms with E-state index in [1.165, 1.54) is 12.1 Å². The molecule has 0 bridgehead atoms. The quantitative estimate of drug-likeness (QED) is 0.320. The van der Waals surface area contributed by atoms with Crippen LogP contribution < -0.4 is 19.9 Å². The Morgan fingerprint density at radius 2 is 1.67 bits per heavy atom. The van der Waals surface area contributed by atoms with Gasteiger partial charge in [0.25, 0.3) is 0 Å². The first-order valence-corrected chi connectivity index (χ1v) is 13.0. The Bertz CT molecular complexity index is 1220. The van der Waals surface area contributed by atoms with Crippen molar-refractivity contribution in [2.24, 2.45) is 5.14 Å². The molecule has 0 radical (unpaired) electrons. The number of primary sulfonamides is 1. The Morgan fingerprint density at radius 1 is 0.970 bits per heavy atom. The van der Waals surface area contributed by atoms with E-state index in [1.54, 1.807) is 31.4 Å². The summed E-state index contributed by atoms with van der Waals surface area (Å²) >= 11 is 15.6. The molecule has 0 aliphatic carbocycles. The fourth-order valence-corrected chi connectivity index (χ4v) is 4.55. The van der Waals surface area contributed by atoms with Gasteiger partial charge in [-0.1, -0.05) is 41.4 Å². The molecule has 3 rings (SSSR count). The van der Waals surface area contributed by atoms with E-state index >= 15 is 0 Å². The highest BCUT2D eigenvalue weighted by Crippen LogP contribution is 2.37. The first-order chi connectivity index (χ1) is 15.7. The molecule has 0 fully saturated rings. The predicted octanol–water partition coefficient (Wildman–Crippen LogP) is 5.32. The van der Waals surface area contributed by atoms with E-state index in [1.807, 2.05) is 18.2 Å². The van der Waals surface area contributed by atoms with E-state index in [4.69, 9.17) is 37.8 Å². The molecule has 3 N–H and O–H groups in total. The first-order valence-electron chi connectivity index (χ1n) is 9.93. The third-order valence-corrected chi connectivity index (χ3v) is 7.09. The Hall–Kier alpha value is -1.81. The lowest BCUT2D eigenvalue weighted by molar-refractivity contribution is 0.282. The number of hydrogen-bond acceptors (Lipinski definition) is 5. The Morgan fingerprint density at radius 3 is 2.30 bits per heavy atom. The zero-order chi connectivity index (χ0) is 24.0. The highest BCUT2D eigenvalue weighted by atomic mass is 79.9. The van der Waals surface area contributed by atoms with Gasteiger partial charge in [0.1, 0.15) is 6.61 Å². The second kappa shape index (κ2) is 11.6. The number of hydrogen-bond donors (Lipinski definition) is 2. The van der Waals surface area contributed by atoms with Crippen LogP contribution in [0.25, 0.3) is 0 Å². The molecule has 0 unspecified atom stereocenters. The minimum absolute atomic E-state index is 0.109. The molecule has 0 spiro atoms. The van der Waals surface area contributed by atoms with E-state index in [2.05, 4.69) is 21.2 Å². The van der Waals surface area contributed by atoms with E-state index in [9.17, 15) is 8.42 Å². The maximum absolute atomic E-state index is 11.3. The molecule has 0 heterocycles. The standard InChI is InChI=1S/C23H23BrCl2N2O4S/c1-31-22-12-17(13-28-9-8-15-2-5-18(6-3-15)33(27,29)30)10-19(24)23(22)32-14-16-4-7-20(25)21(26)11-16/h2-7,10-12,28H,8-9,13-14H2,1H3,(H2,27,29,30). The van der Waals surface area contributed by atoms with E-state index < -0.39 is 10.0 Å². The number of ether oxygens (including phenoxy) is 2. The van der Waals surface area contributed by atoms with Gasteiger partial charge in [-0.25, -0.2) is 13.6 Å². The zero-order valence-electron chi connectivity index (χ0n) is 17.8. The topological polar surface area (TPSA) is 90.6 Å². The first kappa shape index (κ1) is 25.8. The maximum atomic E-state index is 11.3. The average Bonchev–Trinajstić information content (AvgIpc) is 2.77. The Labute approximate surface area is 212 Å². The van der Waals surface area contributed by atoms with Crippen molar-refractivity contribution in [1.29, 1.82) is 0 Å². The molecule has 0 aliphatic rings. The van der Waals surface area contributed by atoms with Crippen LogP contribution in [0.3, 0.4) is 0 Å². The second-order valence-corrected chi connectivity index (χ2v) is 10.5. The lowest BCUT2D eigenvalue weighted by Gasteiger charge is -2.15. The number of nitrogens with one attached hydrogen (secondary N) is 1. The van der Waals surface area contributed by atoms with Crippen LogP contribution in [0.2, 0.25) is 10.0 Å². The molecule has 3 aromatic carbocycles. The zero-order valence-corrected chi connectivity index (χ0v) is 21.7. The van der Waals surface area contributed by atoms with Crippen molar-refractivity contribution in [2.75, 3.05) is 13.7 Å². The van der Waals surface area contributed by atoms with E-state index in [0.29, 0.717) is 41.2 Å². The molecule has 0 saturated heterocycles. The smallest absolute Gasteiger partial charge is 0.238 e. The largest absolute Gasteiger partial charge is 0.493 e. The molecule has 6 nitrogen and oxygen atoms in total. The van der Waals surface area contributed by atoms with Crippen molar-refractivity contribution in [3.05, 3.63) is 85.8 Å². The van der Waals surface area contributed by atoms with Crippen molar-refractivity contribution < 1.29 is 17.9 Å². The highest BCUT2D eigenvalue weighted by Gasteiger charge is 2.13. The fraction of sp³-hybridized carbons (Fsp3) is 0.217. The predicted molar refractivity (Wildman–Crippen MR) is 135 cm³/mol. The highest BCUT2D eigenvalue weighted by molar-refractivity contribution is 9.10. The second-order valence-electron chi connectivity index (χ2n) is 7.26. The van der Waals surface area contributed by atoms with Gasteiger partial charge in [0.15, 0.2) is 11.5 Å². The van der Waals surface area contributed by atoms with Crippen LogP contribution in [-0.2, 0) is 29.6 Å². The number of sulfonamides is 1. The number of halogens is 3. The maximum Gasteiger partial charge on any atom is 0.238 e. The van der Waals surface area contributed by atoms with E-state index in [0.717, 1.165) is 27.6 Å². The summed E-state index contributed by atoms with van der Waals surface area (Å²) in [5.41, 5.74) is 2.92. The van der Waals surface area contributed by atoms with Crippen molar-refractivity contribution in [1.82, 2.24) is 5.32 Å². The molecule has 3 aromatic rings. The van der Waals surface area contributed by atoms with Gasteiger partial charge in [-0.3, -0.25) is 0 Å². The lowest BCUT2D eigenvalue weighted by atomic mass is 10.1. The molecule has 0 aromatic heterocycles. The minimum Gasteiger partial charge on any atom is -0.493 e. The van der Waals surface area contributed by atoms with Crippen molar-refractivity contribution in [3.8, 4) is 11.5 Å². The summed E-state index contributed by atoms with van der Waals surface area (Å²) in [5, 5.41) is 9.48. The summed E-state index contributed by atoms with van der Waals surface area (Å²) in [4.78, 5) is 0.109. The van der Waals surface area contributed by atoms with Crippen LogP contribution in [0.4, 0.5) is 0 Å². The van der Waals surface area contributed by atoms with Crippen LogP contribution in [-0.4, -0.2) is 22.1 Å². The van der Waals surface area contributed by atoms with Gasteiger partial charge in [-0.05, 0) is 82.0 Å². The van der Waals surface area contributed by atoms with Gasteiger partial charge < -0.3 is 14.8 Å². The Kier molecular flexibility index (Phi) is 9.03. The van der Waals surface area contributed by atoms with Gasteiger partial charge in [-0.15, -0.1) is 0 Å². The van der Waals surface area contributed by atoms with Gasteiger partial charge in [0.2, 0.25) is 10.0 Å². The van der Waals surface area contributed by atoms with Crippen molar-refractivity contribution >= 4 is 49.2 Å². The molecule has 0 aliphatic heterocycles. The molecule has 0 atom stereocenters. The third kappa shape index (κ3) is 7.34. The number of rotatable bonds is 10. The van der Waals surface area contributed by atoms with Crippen LogP contribution in [0.15, 0.2) is 64.0 Å². The van der Waals surface area contributed by atoms with Gasteiger partial charge in [0.05, 0.1) is 26.5 Å². The van der Waals surface area contributed by atoms with Gasteiger partial charge in [-0.2, -0.15) is 0 Å². The molecule has 10 heteroatoms. The molecular formula is C23H23BrCl2N2O4S. The summed E-state index contributed by atoms with van der Waals surface area (Å²) in [7, 11) is -2.08. The van der Waals surface area contributed by atoms with Crippen LogP contribution in [0.5, 0.6) is 11.5 Å². The SMILES string of the molecule is COc1cc(CNCCc2ccc(S(N)(=O)=O)cc2)cc(Br)c1OCc1ccc(Cl)c(Cl)c1. The summed E-state index contributed by atoms with van der Waals surface area (Å²) < 4.78 is 34.9. The molecule has 0 amide bonds. The van der Waals surface area contributed by atoms with Crippen LogP contribution in [0.1, 0.15) is 16.7 Å². The van der Waals surface area contributed by atoms with Gasteiger partial charge in [0, 0.05) is 6.54 Å². The lowest BCUT2D eigenvalue weighted by Crippen LogP contribution is -2.17. The summed E-state index contributed by atoms with van der Waals surface area (Å²) in [6.45, 7) is 1.65. The van der Waals surface area contributed by atoms with Crippen molar-refractivity contribution in [2.45, 2.75) is 24.5 Å². The minimum atomic E-state index is -3.67. The summed E-state index contributed by atoms with van der Waals surface area (Å²) in [6, 6.07) is 15.8. The number of nitrogens with two attached hydrogens (primary N) is 1. The monoisotopic (exact) mass is 572 g/mol. The molecule has 176 valence electrons.